The molecule has 0 atom stereocenters. The molecule has 0 fully saturated rings. The fraction of sp³-hybridized carbons (Fsp3) is 0.219. The third-order valence-corrected chi connectivity index (χ3v) is 6.05. The Hall–Kier alpha value is -5.45. The molecule has 1 amide bonds. The summed E-state index contributed by atoms with van der Waals surface area (Å²) in [6, 6.07) is 20.8. The van der Waals surface area contributed by atoms with Crippen molar-refractivity contribution in [3.05, 3.63) is 112 Å². The van der Waals surface area contributed by atoms with Crippen LogP contribution in [0.25, 0.3) is 11.3 Å². The van der Waals surface area contributed by atoms with E-state index in [1.165, 1.54) is 23.3 Å². The van der Waals surface area contributed by atoms with Gasteiger partial charge in [-0.25, -0.2) is 9.78 Å². The lowest BCUT2D eigenvalue weighted by molar-refractivity contribution is -0.121. The Morgan fingerprint density at radius 3 is 2.28 bits per heavy atom. The Balaban J connectivity index is 0.00000162. The number of nitrogen functional groups attached to an aromatic ring is 2. The van der Waals surface area contributed by atoms with E-state index in [0.29, 0.717) is 16.8 Å². The first kappa shape index (κ1) is 32.1. The van der Waals surface area contributed by atoms with Gasteiger partial charge in [0.2, 0.25) is 5.91 Å². The molecule has 3 aromatic carbocycles. The van der Waals surface area contributed by atoms with Crippen LogP contribution in [-0.2, 0) is 29.2 Å². The van der Waals surface area contributed by atoms with Crippen molar-refractivity contribution < 1.29 is 14.3 Å². The van der Waals surface area contributed by atoms with Crippen LogP contribution in [0.3, 0.4) is 0 Å². The standard InChI is InChI=1S/C29H29N7O4.C3H8/c1-33-27-28(38)36(16-25(37)34-14-18-7-9-20(10-8-18)26(31)32)24(15-35-27)21-11-22(13-23(30)12-21)29(39)40-17-19-5-3-2-4-6-19;1-3-2/h2-13,15H,14,16-17,30H2,1H3,(H3,31,32)(H,33,35)(H,34,37);3H2,1-2H3. The molecule has 4 aromatic rings. The number of hydrogen-bond acceptors (Lipinski definition) is 8. The van der Waals surface area contributed by atoms with E-state index in [4.69, 9.17) is 21.6 Å². The number of aromatic nitrogens is 2. The van der Waals surface area contributed by atoms with Crippen LogP contribution in [0.5, 0.6) is 0 Å². The van der Waals surface area contributed by atoms with Gasteiger partial charge in [-0.1, -0.05) is 74.9 Å². The fourth-order valence-corrected chi connectivity index (χ4v) is 3.97. The molecule has 4 rings (SSSR count). The number of amides is 1. The summed E-state index contributed by atoms with van der Waals surface area (Å²) in [7, 11) is 1.56. The molecule has 0 radical (unpaired) electrons. The van der Waals surface area contributed by atoms with Crippen molar-refractivity contribution in [2.24, 2.45) is 5.73 Å². The molecule has 1 heterocycles. The second-order valence-electron chi connectivity index (χ2n) is 9.63. The molecule has 11 nitrogen and oxygen atoms in total. The van der Waals surface area contributed by atoms with Gasteiger partial charge in [-0.15, -0.1) is 0 Å². The second-order valence-corrected chi connectivity index (χ2v) is 9.63. The van der Waals surface area contributed by atoms with Crippen molar-refractivity contribution in [3.63, 3.8) is 0 Å². The van der Waals surface area contributed by atoms with Crippen LogP contribution in [0, 0.1) is 5.41 Å². The number of hydrogen-bond donors (Lipinski definition) is 5. The van der Waals surface area contributed by atoms with Crippen LogP contribution in [0.2, 0.25) is 0 Å². The number of carbonyl (C=O) groups is 2. The SMILES string of the molecule is CCC.CNc1ncc(-c2cc(N)cc(C(=O)OCc3ccccc3)c2)n(CC(=O)NCc2ccc(C(=N)N)cc2)c1=O. The molecule has 0 saturated carbocycles. The third kappa shape index (κ3) is 9.02. The monoisotopic (exact) mass is 583 g/mol. The molecule has 11 heteroatoms. The summed E-state index contributed by atoms with van der Waals surface area (Å²) in [5, 5.41) is 13.0. The van der Waals surface area contributed by atoms with Crippen molar-refractivity contribution in [1.29, 1.82) is 5.41 Å². The smallest absolute Gasteiger partial charge is 0.338 e. The molecule has 0 unspecified atom stereocenters. The highest BCUT2D eigenvalue weighted by Gasteiger charge is 2.17. The number of esters is 1. The highest BCUT2D eigenvalue weighted by molar-refractivity contribution is 5.95. The first-order valence-electron chi connectivity index (χ1n) is 13.8. The number of rotatable bonds is 10. The molecular formula is C32H37N7O4. The lowest BCUT2D eigenvalue weighted by Crippen LogP contribution is -2.34. The van der Waals surface area contributed by atoms with Gasteiger partial charge in [0.05, 0.1) is 17.5 Å². The van der Waals surface area contributed by atoms with E-state index in [1.807, 2.05) is 30.3 Å². The average molecular weight is 584 g/mol. The Morgan fingerprint density at radius 1 is 0.977 bits per heavy atom. The summed E-state index contributed by atoms with van der Waals surface area (Å²) in [5.74, 6) is -0.990. The van der Waals surface area contributed by atoms with Gasteiger partial charge in [0.15, 0.2) is 5.82 Å². The first-order valence-corrected chi connectivity index (χ1v) is 13.8. The van der Waals surface area contributed by atoms with Gasteiger partial charge < -0.3 is 26.8 Å². The summed E-state index contributed by atoms with van der Waals surface area (Å²) in [5.41, 5.74) is 14.5. The summed E-state index contributed by atoms with van der Waals surface area (Å²) in [6.45, 7) is 4.24. The Morgan fingerprint density at radius 2 is 1.65 bits per heavy atom. The third-order valence-electron chi connectivity index (χ3n) is 6.05. The zero-order valence-electron chi connectivity index (χ0n) is 24.5. The van der Waals surface area contributed by atoms with E-state index in [0.717, 1.165) is 11.1 Å². The maximum Gasteiger partial charge on any atom is 0.338 e. The topological polar surface area (TPSA) is 178 Å². The number of carbonyl (C=O) groups excluding carboxylic acids is 2. The average Bonchev–Trinajstić information content (AvgIpc) is 3.00. The van der Waals surface area contributed by atoms with Crippen molar-refractivity contribution >= 4 is 29.2 Å². The maximum absolute atomic E-state index is 13.2. The van der Waals surface area contributed by atoms with Gasteiger partial charge in [-0.2, -0.15) is 0 Å². The predicted molar refractivity (Wildman–Crippen MR) is 169 cm³/mol. The van der Waals surface area contributed by atoms with E-state index >= 15 is 0 Å². The molecule has 0 aliphatic rings. The largest absolute Gasteiger partial charge is 0.457 e. The molecule has 0 saturated heterocycles. The lowest BCUT2D eigenvalue weighted by Gasteiger charge is -2.15. The number of nitrogens with one attached hydrogen (secondary N) is 3. The minimum absolute atomic E-state index is 0.0466. The molecule has 43 heavy (non-hydrogen) atoms. The van der Waals surface area contributed by atoms with E-state index in [1.54, 1.807) is 43.4 Å². The number of benzene rings is 3. The Kier molecular flexibility index (Phi) is 11.6. The van der Waals surface area contributed by atoms with Crippen LogP contribution in [0.15, 0.2) is 83.8 Å². The van der Waals surface area contributed by atoms with Gasteiger partial charge in [0, 0.05) is 30.4 Å². The van der Waals surface area contributed by atoms with Gasteiger partial charge in [0.25, 0.3) is 5.56 Å². The number of nitrogens with two attached hydrogens (primary N) is 2. The van der Waals surface area contributed by atoms with Crippen LogP contribution >= 0.6 is 0 Å². The van der Waals surface area contributed by atoms with E-state index in [9.17, 15) is 14.4 Å². The number of ether oxygens (including phenoxy) is 1. The summed E-state index contributed by atoms with van der Waals surface area (Å²) in [6.07, 6.45) is 2.69. The van der Waals surface area contributed by atoms with Crippen LogP contribution in [-0.4, -0.2) is 34.3 Å². The minimum Gasteiger partial charge on any atom is -0.457 e. The molecule has 0 aliphatic heterocycles. The maximum atomic E-state index is 13.2. The number of nitrogens with zero attached hydrogens (tertiary/aromatic N) is 2. The van der Waals surface area contributed by atoms with Gasteiger partial charge >= 0.3 is 5.97 Å². The number of amidine groups is 1. The van der Waals surface area contributed by atoms with Crippen LogP contribution < -0.4 is 27.7 Å². The predicted octanol–water partition coefficient (Wildman–Crippen LogP) is 3.91. The number of anilines is 2. The van der Waals surface area contributed by atoms with Crippen LogP contribution in [0.1, 0.15) is 47.3 Å². The van der Waals surface area contributed by atoms with E-state index in [2.05, 4.69) is 29.5 Å². The molecule has 0 bridgehead atoms. The molecule has 1 aromatic heterocycles. The normalized spacial score (nSPS) is 10.2. The Bertz CT molecular complexity index is 1620. The van der Waals surface area contributed by atoms with E-state index < -0.39 is 17.4 Å². The first-order chi connectivity index (χ1) is 20.7. The highest BCUT2D eigenvalue weighted by Crippen LogP contribution is 2.24. The van der Waals surface area contributed by atoms with Gasteiger partial charge in [-0.3, -0.25) is 19.6 Å². The molecule has 0 aliphatic carbocycles. The van der Waals surface area contributed by atoms with Crippen LogP contribution in [0.4, 0.5) is 11.5 Å². The lowest BCUT2D eigenvalue weighted by atomic mass is 10.1. The fourth-order valence-electron chi connectivity index (χ4n) is 3.97. The quantitative estimate of drug-likeness (QED) is 0.0807. The minimum atomic E-state index is -0.584. The summed E-state index contributed by atoms with van der Waals surface area (Å²) in [4.78, 5) is 43.0. The Labute approximate surface area is 250 Å². The molecular weight excluding hydrogens is 546 g/mol. The van der Waals surface area contributed by atoms with E-state index in [-0.39, 0.29) is 42.6 Å². The van der Waals surface area contributed by atoms with Crippen molar-refractivity contribution in [2.75, 3.05) is 18.1 Å². The van der Waals surface area contributed by atoms with Crippen molar-refractivity contribution in [3.8, 4) is 11.3 Å². The van der Waals surface area contributed by atoms with Gasteiger partial charge in [0.1, 0.15) is 19.0 Å². The summed E-state index contributed by atoms with van der Waals surface area (Å²) < 4.78 is 6.70. The molecule has 0 spiro atoms. The van der Waals surface area contributed by atoms with Gasteiger partial charge in [-0.05, 0) is 29.3 Å². The second kappa shape index (κ2) is 15.5. The molecule has 224 valence electrons. The van der Waals surface area contributed by atoms with Crippen molar-refractivity contribution in [2.45, 2.75) is 40.0 Å². The molecule has 7 N–H and O–H groups in total. The van der Waals surface area contributed by atoms with Crippen molar-refractivity contribution in [1.82, 2.24) is 14.9 Å². The zero-order chi connectivity index (χ0) is 31.4. The zero-order valence-corrected chi connectivity index (χ0v) is 24.5. The highest BCUT2D eigenvalue weighted by atomic mass is 16.5. The summed E-state index contributed by atoms with van der Waals surface area (Å²) >= 11 is 0.